The standard InChI is InChI=1S/C13H10FN5OS/c14-9-4-2-1-3-8(9)7-19-12(13-16-5-6-21-13)17-11(18-19)10(15)20/h1-6H,7H2,(H2,15,20). The molecule has 0 saturated heterocycles. The first-order valence-corrected chi connectivity index (χ1v) is 6.91. The highest BCUT2D eigenvalue weighted by Gasteiger charge is 2.18. The Morgan fingerprint density at radius 3 is 2.86 bits per heavy atom. The summed E-state index contributed by atoms with van der Waals surface area (Å²) in [5.74, 6) is -0.808. The second kappa shape index (κ2) is 5.41. The van der Waals surface area contributed by atoms with Crippen LogP contribution in [0.5, 0.6) is 0 Å². The van der Waals surface area contributed by atoms with Crippen LogP contribution in [0.2, 0.25) is 0 Å². The highest BCUT2D eigenvalue weighted by molar-refractivity contribution is 7.13. The fourth-order valence-electron chi connectivity index (χ4n) is 1.84. The van der Waals surface area contributed by atoms with E-state index in [2.05, 4.69) is 15.1 Å². The Bertz CT molecular complexity index is 784. The van der Waals surface area contributed by atoms with Crippen molar-refractivity contribution in [1.82, 2.24) is 19.7 Å². The van der Waals surface area contributed by atoms with E-state index in [4.69, 9.17) is 5.73 Å². The molecule has 21 heavy (non-hydrogen) atoms. The quantitative estimate of drug-likeness (QED) is 0.794. The molecule has 0 atom stereocenters. The van der Waals surface area contributed by atoms with Crippen molar-refractivity contribution in [2.45, 2.75) is 6.54 Å². The zero-order chi connectivity index (χ0) is 14.8. The number of carbonyl (C=O) groups excluding carboxylic acids is 1. The number of hydrogen-bond donors (Lipinski definition) is 1. The van der Waals surface area contributed by atoms with Gasteiger partial charge in [-0.1, -0.05) is 18.2 Å². The molecule has 0 spiro atoms. The Morgan fingerprint density at radius 2 is 2.19 bits per heavy atom. The van der Waals surface area contributed by atoms with E-state index >= 15 is 0 Å². The molecule has 2 heterocycles. The van der Waals surface area contributed by atoms with Gasteiger partial charge >= 0.3 is 0 Å². The number of benzene rings is 1. The lowest BCUT2D eigenvalue weighted by atomic mass is 10.2. The summed E-state index contributed by atoms with van der Waals surface area (Å²) in [7, 11) is 0. The molecule has 3 rings (SSSR count). The van der Waals surface area contributed by atoms with Crippen LogP contribution < -0.4 is 5.73 Å². The third kappa shape index (κ3) is 2.65. The number of nitrogens with two attached hydrogens (primary N) is 1. The van der Waals surface area contributed by atoms with E-state index in [1.54, 1.807) is 29.8 Å². The number of rotatable bonds is 4. The Morgan fingerprint density at radius 1 is 1.38 bits per heavy atom. The first kappa shape index (κ1) is 13.4. The average molecular weight is 303 g/mol. The van der Waals surface area contributed by atoms with Crippen LogP contribution in [0.3, 0.4) is 0 Å². The van der Waals surface area contributed by atoms with Crippen molar-refractivity contribution in [3.05, 3.63) is 53.0 Å². The molecular weight excluding hydrogens is 293 g/mol. The molecule has 0 bridgehead atoms. The van der Waals surface area contributed by atoms with Crippen LogP contribution in [-0.4, -0.2) is 25.7 Å². The molecule has 0 radical (unpaired) electrons. The van der Waals surface area contributed by atoms with E-state index in [0.717, 1.165) is 0 Å². The largest absolute Gasteiger partial charge is 0.363 e. The molecule has 2 N–H and O–H groups in total. The lowest BCUT2D eigenvalue weighted by molar-refractivity contribution is 0.0990. The first-order chi connectivity index (χ1) is 10.1. The van der Waals surface area contributed by atoms with Crippen molar-refractivity contribution in [2.75, 3.05) is 0 Å². The number of halogens is 1. The molecule has 0 aliphatic heterocycles. The highest BCUT2D eigenvalue weighted by atomic mass is 32.1. The molecule has 1 amide bonds. The van der Waals surface area contributed by atoms with Gasteiger partial charge < -0.3 is 5.73 Å². The van der Waals surface area contributed by atoms with E-state index in [0.29, 0.717) is 16.4 Å². The van der Waals surface area contributed by atoms with Gasteiger partial charge in [-0.3, -0.25) is 4.79 Å². The van der Waals surface area contributed by atoms with Crippen LogP contribution >= 0.6 is 11.3 Å². The Kier molecular flexibility index (Phi) is 3.44. The van der Waals surface area contributed by atoms with E-state index in [1.165, 1.54) is 22.1 Å². The van der Waals surface area contributed by atoms with Crippen molar-refractivity contribution in [1.29, 1.82) is 0 Å². The molecule has 1 aromatic carbocycles. The summed E-state index contributed by atoms with van der Waals surface area (Å²) in [5, 5.41) is 6.40. The zero-order valence-electron chi connectivity index (χ0n) is 10.7. The molecule has 8 heteroatoms. The maximum Gasteiger partial charge on any atom is 0.288 e. The Hall–Kier alpha value is -2.61. The van der Waals surface area contributed by atoms with Gasteiger partial charge in [0.25, 0.3) is 5.91 Å². The summed E-state index contributed by atoms with van der Waals surface area (Å²) < 4.78 is 15.2. The number of nitrogens with zero attached hydrogens (tertiary/aromatic N) is 4. The first-order valence-electron chi connectivity index (χ1n) is 6.03. The van der Waals surface area contributed by atoms with Crippen LogP contribution in [0.25, 0.3) is 10.8 Å². The topological polar surface area (TPSA) is 86.7 Å². The fourth-order valence-corrected chi connectivity index (χ4v) is 2.47. The van der Waals surface area contributed by atoms with E-state index < -0.39 is 5.91 Å². The van der Waals surface area contributed by atoms with Gasteiger partial charge in [-0.05, 0) is 6.07 Å². The molecular formula is C13H10FN5OS. The lowest BCUT2D eigenvalue weighted by Gasteiger charge is -2.05. The summed E-state index contributed by atoms with van der Waals surface area (Å²) in [6.45, 7) is 0.141. The van der Waals surface area contributed by atoms with Crippen LogP contribution in [0, 0.1) is 5.82 Å². The molecule has 0 saturated carbocycles. The summed E-state index contributed by atoms with van der Waals surface area (Å²) in [5.41, 5.74) is 5.65. The molecule has 0 aliphatic carbocycles. The van der Waals surface area contributed by atoms with Crippen LogP contribution in [0.15, 0.2) is 35.8 Å². The summed E-state index contributed by atoms with van der Waals surface area (Å²) >= 11 is 1.35. The summed E-state index contributed by atoms with van der Waals surface area (Å²) in [6, 6.07) is 6.35. The summed E-state index contributed by atoms with van der Waals surface area (Å²) in [4.78, 5) is 19.5. The minimum Gasteiger partial charge on any atom is -0.363 e. The second-order valence-electron chi connectivity index (χ2n) is 4.21. The number of primary amides is 1. The molecule has 0 aliphatic rings. The molecule has 106 valence electrons. The van der Waals surface area contributed by atoms with Gasteiger partial charge in [-0.2, -0.15) is 4.98 Å². The second-order valence-corrected chi connectivity index (χ2v) is 5.10. The van der Waals surface area contributed by atoms with E-state index in [1.807, 2.05) is 0 Å². The minimum atomic E-state index is -0.736. The normalized spacial score (nSPS) is 10.7. The molecule has 6 nitrogen and oxygen atoms in total. The SMILES string of the molecule is NC(=O)c1nc(-c2nccs2)n(Cc2ccccc2F)n1. The van der Waals surface area contributed by atoms with Gasteiger partial charge in [0, 0.05) is 17.1 Å². The number of carbonyl (C=O) groups is 1. The van der Waals surface area contributed by atoms with Gasteiger partial charge in [0.1, 0.15) is 5.82 Å². The lowest BCUT2D eigenvalue weighted by Crippen LogP contribution is -2.14. The van der Waals surface area contributed by atoms with Crippen LogP contribution in [0.1, 0.15) is 16.2 Å². The Labute approximate surface area is 123 Å². The van der Waals surface area contributed by atoms with Crippen molar-refractivity contribution in [2.24, 2.45) is 5.73 Å². The monoisotopic (exact) mass is 303 g/mol. The van der Waals surface area contributed by atoms with Crippen molar-refractivity contribution in [3.63, 3.8) is 0 Å². The van der Waals surface area contributed by atoms with Crippen molar-refractivity contribution >= 4 is 17.2 Å². The third-order valence-electron chi connectivity index (χ3n) is 2.79. The van der Waals surface area contributed by atoms with E-state index in [-0.39, 0.29) is 18.2 Å². The third-order valence-corrected chi connectivity index (χ3v) is 3.56. The molecule has 0 fully saturated rings. The molecule has 0 unspecified atom stereocenters. The maximum atomic E-state index is 13.7. The van der Waals surface area contributed by atoms with Gasteiger partial charge in [-0.25, -0.2) is 14.1 Å². The van der Waals surface area contributed by atoms with Crippen molar-refractivity contribution in [3.8, 4) is 10.8 Å². The number of hydrogen-bond acceptors (Lipinski definition) is 5. The Balaban J connectivity index is 2.05. The zero-order valence-corrected chi connectivity index (χ0v) is 11.5. The van der Waals surface area contributed by atoms with Gasteiger partial charge in [0.2, 0.25) is 5.82 Å². The van der Waals surface area contributed by atoms with Gasteiger partial charge in [0.05, 0.1) is 6.54 Å². The number of amides is 1. The van der Waals surface area contributed by atoms with Crippen LogP contribution in [0.4, 0.5) is 4.39 Å². The van der Waals surface area contributed by atoms with Crippen molar-refractivity contribution < 1.29 is 9.18 Å². The smallest absolute Gasteiger partial charge is 0.288 e. The maximum absolute atomic E-state index is 13.7. The molecule has 3 aromatic rings. The molecule has 2 aromatic heterocycles. The summed E-state index contributed by atoms with van der Waals surface area (Å²) in [6.07, 6.45) is 1.62. The number of thiazole rings is 1. The average Bonchev–Trinajstić information content (AvgIpc) is 3.10. The van der Waals surface area contributed by atoms with Gasteiger partial charge in [0.15, 0.2) is 10.8 Å². The van der Waals surface area contributed by atoms with E-state index in [9.17, 15) is 9.18 Å². The number of aromatic nitrogens is 4. The highest BCUT2D eigenvalue weighted by Crippen LogP contribution is 2.21. The van der Waals surface area contributed by atoms with Crippen LogP contribution in [-0.2, 0) is 6.54 Å². The fraction of sp³-hybridized carbons (Fsp3) is 0.0769. The predicted octanol–water partition coefficient (Wildman–Crippen LogP) is 1.69. The minimum absolute atomic E-state index is 0.114. The predicted molar refractivity (Wildman–Crippen MR) is 75.1 cm³/mol. The van der Waals surface area contributed by atoms with Gasteiger partial charge in [-0.15, -0.1) is 16.4 Å².